The maximum atomic E-state index is 11.3. The molecule has 25 heavy (non-hydrogen) atoms. The number of anilines is 1. The Hall–Kier alpha value is -3.11. The molecule has 0 aliphatic carbocycles. The average Bonchev–Trinajstić information content (AvgIpc) is 2.63. The van der Waals surface area contributed by atoms with Gasteiger partial charge in [-0.2, -0.15) is 5.10 Å². The quantitative estimate of drug-likeness (QED) is 0.494. The number of benzene rings is 3. The van der Waals surface area contributed by atoms with E-state index in [1.54, 1.807) is 24.4 Å². The molecule has 2 N–H and O–H groups in total. The number of nitrogens with one attached hydrogen (secondary N) is 1. The highest BCUT2D eigenvalue weighted by molar-refractivity contribution is 6.33. The van der Waals surface area contributed by atoms with Gasteiger partial charge in [0.2, 0.25) is 0 Å². The molecular formula is C20H15ClN2O2. The van der Waals surface area contributed by atoms with Crippen LogP contribution in [-0.4, -0.2) is 17.3 Å². The summed E-state index contributed by atoms with van der Waals surface area (Å²) >= 11 is 5.95. The molecule has 0 radical (unpaired) electrons. The lowest BCUT2D eigenvalue weighted by Crippen LogP contribution is -1.98. The second kappa shape index (κ2) is 7.64. The van der Waals surface area contributed by atoms with Crippen LogP contribution in [0.4, 0.5) is 5.69 Å². The first-order valence-corrected chi connectivity index (χ1v) is 7.99. The van der Waals surface area contributed by atoms with Crippen molar-refractivity contribution in [2.75, 3.05) is 5.43 Å². The molecule has 3 aromatic rings. The van der Waals surface area contributed by atoms with Gasteiger partial charge >= 0.3 is 5.97 Å². The lowest BCUT2D eigenvalue weighted by molar-refractivity contribution is 0.0697. The minimum Gasteiger partial charge on any atom is -0.478 e. The number of carboxylic acids is 1. The lowest BCUT2D eigenvalue weighted by atomic mass is 9.98. The molecule has 3 rings (SSSR count). The van der Waals surface area contributed by atoms with E-state index in [-0.39, 0.29) is 10.6 Å². The summed E-state index contributed by atoms with van der Waals surface area (Å²) in [5, 5.41) is 13.7. The van der Waals surface area contributed by atoms with E-state index < -0.39 is 5.97 Å². The van der Waals surface area contributed by atoms with Gasteiger partial charge in [0.15, 0.2) is 0 Å². The van der Waals surface area contributed by atoms with Gasteiger partial charge in [0.1, 0.15) is 0 Å². The second-order valence-corrected chi connectivity index (χ2v) is 5.73. The third-order valence-corrected chi connectivity index (χ3v) is 3.97. The molecule has 0 aliphatic rings. The van der Waals surface area contributed by atoms with E-state index in [9.17, 15) is 9.90 Å². The number of rotatable bonds is 5. The van der Waals surface area contributed by atoms with Crippen molar-refractivity contribution in [1.29, 1.82) is 0 Å². The third kappa shape index (κ3) is 4.05. The van der Waals surface area contributed by atoms with Gasteiger partial charge < -0.3 is 5.11 Å². The number of hydrazone groups is 1. The molecule has 0 spiro atoms. The maximum Gasteiger partial charge on any atom is 0.337 e. The molecule has 0 amide bonds. The van der Waals surface area contributed by atoms with E-state index in [2.05, 4.69) is 10.5 Å². The summed E-state index contributed by atoms with van der Waals surface area (Å²) in [4.78, 5) is 11.3. The molecule has 5 heteroatoms. The van der Waals surface area contributed by atoms with Gasteiger partial charge in [0, 0.05) is 5.56 Å². The fourth-order valence-corrected chi connectivity index (χ4v) is 2.62. The summed E-state index contributed by atoms with van der Waals surface area (Å²) in [5.74, 6) is -1.05. The van der Waals surface area contributed by atoms with Crippen molar-refractivity contribution in [2.45, 2.75) is 0 Å². The number of aromatic carboxylic acids is 1. The normalized spacial score (nSPS) is 10.8. The summed E-state index contributed by atoms with van der Waals surface area (Å²) in [5.41, 5.74) is 6.43. The number of hydrogen-bond acceptors (Lipinski definition) is 3. The van der Waals surface area contributed by atoms with E-state index >= 15 is 0 Å². The Morgan fingerprint density at radius 2 is 1.72 bits per heavy atom. The highest BCUT2D eigenvalue weighted by Crippen LogP contribution is 2.27. The molecular weight excluding hydrogens is 336 g/mol. The Labute approximate surface area is 150 Å². The summed E-state index contributed by atoms with van der Waals surface area (Å²) in [6, 6.07) is 22.2. The van der Waals surface area contributed by atoms with Crippen LogP contribution < -0.4 is 5.43 Å². The average molecular weight is 351 g/mol. The zero-order chi connectivity index (χ0) is 17.6. The van der Waals surface area contributed by atoms with Crippen molar-refractivity contribution < 1.29 is 9.90 Å². The molecule has 0 atom stereocenters. The highest BCUT2D eigenvalue weighted by Gasteiger charge is 2.11. The number of carboxylic acid groups (broad SMARTS) is 1. The van der Waals surface area contributed by atoms with E-state index in [0.717, 1.165) is 22.4 Å². The first kappa shape index (κ1) is 16.7. The monoisotopic (exact) mass is 350 g/mol. The minimum atomic E-state index is -1.05. The topological polar surface area (TPSA) is 61.7 Å². The number of halogens is 1. The van der Waals surface area contributed by atoms with Crippen molar-refractivity contribution in [3.05, 3.63) is 88.9 Å². The SMILES string of the molecule is O=C(O)c1cc(-c2ccccc2C=NNc2ccccc2)ccc1Cl. The maximum absolute atomic E-state index is 11.3. The smallest absolute Gasteiger partial charge is 0.337 e. The third-order valence-electron chi connectivity index (χ3n) is 3.64. The Kier molecular flexibility index (Phi) is 5.11. The fraction of sp³-hybridized carbons (Fsp3) is 0. The van der Waals surface area contributed by atoms with Crippen molar-refractivity contribution in [2.24, 2.45) is 5.10 Å². The molecule has 0 aliphatic heterocycles. The molecule has 0 unspecified atom stereocenters. The Balaban J connectivity index is 1.91. The second-order valence-electron chi connectivity index (χ2n) is 5.32. The van der Waals surface area contributed by atoms with Crippen molar-refractivity contribution in [3.8, 4) is 11.1 Å². The molecule has 124 valence electrons. The van der Waals surface area contributed by atoms with Crippen LogP contribution in [-0.2, 0) is 0 Å². The summed E-state index contributed by atoms with van der Waals surface area (Å²) in [6.07, 6.45) is 1.71. The Morgan fingerprint density at radius 1 is 1.00 bits per heavy atom. The zero-order valence-corrected chi connectivity index (χ0v) is 13.9. The van der Waals surface area contributed by atoms with Gasteiger partial charge in [0.05, 0.1) is 22.5 Å². The van der Waals surface area contributed by atoms with Crippen LogP contribution in [0.2, 0.25) is 5.02 Å². The number of hydrogen-bond donors (Lipinski definition) is 2. The van der Waals surface area contributed by atoms with Crippen LogP contribution in [0.5, 0.6) is 0 Å². The minimum absolute atomic E-state index is 0.0771. The van der Waals surface area contributed by atoms with Crippen molar-refractivity contribution in [3.63, 3.8) is 0 Å². The zero-order valence-electron chi connectivity index (χ0n) is 13.2. The highest BCUT2D eigenvalue weighted by atomic mass is 35.5. The van der Waals surface area contributed by atoms with Crippen LogP contribution in [0.3, 0.4) is 0 Å². The molecule has 0 fully saturated rings. The number of para-hydroxylation sites is 1. The van der Waals surface area contributed by atoms with Crippen molar-refractivity contribution >= 4 is 29.5 Å². The molecule has 0 aromatic heterocycles. The largest absolute Gasteiger partial charge is 0.478 e. The number of nitrogens with zero attached hydrogens (tertiary/aromatic N) is 1. The van der Waals surface area contributed by atoms with Gasteiger partial charge in [-0.25, -0.2) is 4.79 Å². The van der Waals surface area contributed by atoms with Crippen LogP contribution in [0, 0.1) is 0 Å². The summed E-state index contributed by atoms with van der Waals surface area (Å²) in [7, 11) is 0. The van der Waals surface area contributed by atoms with Crippen LogP contribution in [0.15, 0.2) is 77.9 Å². The van der Waals surface area contributed by atoms with Gasteiger partial charge in [-0.1, -0.05) is 60.1 Å². The summed E-state index contributed by atoms with van der Waals surface area (Å²) < 4.78 is 0. The van der Waals surface area contributed by atoms with Gasteiger partial charge in [-0.05, 0) is 35.4 Å². The van der Waals surface area contributed by atoms with Gasteiger partial charge in [-0.3, -0.25) is 5.43 Å². The molecule has 0 bridgehead atoms. The molecule has 4 nitrogen and oxygen atoms in total. The van der Waals surface area contributed by atoms with Crippen molar-refractivity contribution in [1.82, 2.24) is 0 Å². The van der Waals surface area contributed by atoms with Crippen LogP contribution in [0.1, 0.15) is 15.9 Å². The number of carbonyl (C=O) groups is 1. The molecule has 0 saturated heterocycles. The van der Waals surface area contributed by atoms with E-state index in [1.807, 2.05) is 54.6 Å². The van der Waals surface area contributed by atoms with E-state index in [1.165, 1.54) is 0 Å². The predicted molar refractivity (Wildman–Crippen MR) is 102 cm³/mol. The molecule has 0 saturated carbocycles. The van der Waals surface area contributed by atoms with Crippen LogP contribution in [0.25, 0.3) is 11.1 Å². The standard InChI is InChI=1S/C20H15ClN2O2/c21-19-11-10-14(12-18(19)20(24)25)17-9-5-4-6-15(17)13-22-23-16-7-2-1-3-8-16/h1-13,23H,(H,24,25). The first-order valence-electron chi connectivity index (χ1n) is 7.61. The first-order chi connectivity index (χ1) is 12.1. The van der Waals surface area contributed by atoms with E-state index in [4.69, 9.17) is 11.6 Å². The Bertz CT molecular complexity index is 924. The van der Waals surface area contributed by atoms with Gasteiger partial charge in [0.25, 0.3) is 0 Å². The summed E-state index contributed by atoms with van der Waals surface area (Å²) in [6.45, 7) is 0. The fourth-order valence-electron chi connectivity index (χ4n) is 2.42. The Morgan fingerprint density at radius 3 is 2.48 bits per heavy atom. The van der Waals surface area contributed by atoms with Gasteiger partial charge in [-0.15, -0.1) is 0 Å². The van der Waals surface area contributed by atoms with E-state index in [0.29, 0.717) is 0 Å². The lowest BCUT2D eigenvalue weighted by Gasteiger charge is -2.08. The predicted octanol–water partition coefficient (Wildman–Crippen LogP) is 5.15. The molecule has 3 aromatic carbocycles. The molecule has 0 heterocycles. The van der Waals surface area contributed by atoms with Crippen LogP contribution >= 0.6 is 11.6 Å².